The van der Waals surface area contributed by atoms with Crippen LogP contribution in [0.25, 0.3) is 0 Å². The van der Waals surface area contributed by atoms with E-state index in [-0.39, 0.29) is 12.0 Å². The molecule has 0 aliphatic rings. The monoisotopic (exact) mass is 215 g/mol. The topological polar surface area (TPSA) is 63.3 Å². The SMILES string of the molecule is CCC(C(=O)O)c1cc(F)c(N)c(F)c1. The zero-order chi connectivity index (χ0) is 11.6. The average Bonchev–Trinajstić information content (AvgIpc) is 2.14. The molecule has 0 amide bonds. The molecule has 0 heterocycles. The van der Waals surface area contributed by atoms with Crippen LogP contribution in [0.4, 0.5) is 14.5 Å². The quantitative estimate of drug-likeness (QED) is 0.759. The van der Waals surface area contributed by atoms with Gasteiger partial charge >= 0.3 is 5.97 Å². The third-order valence-corrected chi connectivity index (χ3v) is 2.21. The molecule has 1 aromatic carbocycles. The van der Waals surface area contributed by atoms with Crippen molar-refractivity contribution < 1.29 is 18.7 Å². The van der Waals surface area contributed by atoms with Crippen LogP contribution in [0, 0.1) is 11.6 Å². The Hall–Kier alpha value is -1.65. The van der Waals surface area contributed by atoms with Gasteiger partial charge in [0.05, 0.1) is 5.92 Å². The lowest BCUT2D eigenvalue weighted by Crippen LogP contribution is -2.11. The minimum Gasteiger partial charge on any atom is -0.481 e. The van der Waals surface area contributed by atoms with Gasteiger partial charge in [0.15, 0.2) is 0 Å². The summed E-state index contributed by atoms with van der Waals surface area (Å²) >= 11 is 0. The van der Waals surface area contributed by atoms with Gasteiger partial charge in [-0.2, -0.15) is 0 Å². The van der Waals surface area contributed by atoms with Crippen LogP contribution in [0.2, 0.25) is 0 Å². The number of rotatable bonds is 3. The molecular weight excluding hydrogens is 204 g/mol. The first-order valence-corrected chi connectivity index (χ1v) is 4.44. The molecule has 0 saturated heterocycles. The number of carboxylic acid groups (broad SMARTS) is 1. The maximum Gasteiger partial charge on any atom is 0.310 e. The molecule has 0 aromatic heterocycles. The van der Waals surface area contributed by atoms with Crippen molar-refractivity contribution in [3.63, 3.8) is 0 Å². The molecule has 0 aliphatic carbocycles. The average molecular weight is 215 g/mol. The maximum absolute atomic E-state index is 13.0. The van der Waals surface area contributed by atoms with Crippen molar-refractivity contribution in [2.45, 2.75) is 19.3 Å². The largest absolute Gasteiger partial charge is 0.481 e. The van der Waals surface area contributed by atoms with Gasteiger partial charge in [-0.1, -0.05) is 6.92 Å². The van der Waals surface area contributed by atoms with Crippen LogP contribution >= 0.6 is 0 Å². The van der Waals surface area contributed by atoms with E-state index < -0.39 is 29.2 Å². The second-order valence-corrected chi connectivity index (χ2v) is 3.20. The smallest absolute Gasteiger partial charge is 0.310 e. The Bertz CT molecular complexity index is 370. The molecule has 0 saturated carbocycles. The van der Waals surface area contributed by atoms with Crippen LogP contribution in [-0.2, 0) is 4.79 Å². The molecule has 5 heteroatoms. The van der Waals surface area contributed by atoms with E-state index in [0.29, 0.717) is 0 Å². The number of hydrogen-bond acceptors (Lipinski definition) is 2. The number of anilines is 1. The van der Waals surface area contributed by atoms with E-state index in [2.05, 4.69) is 0 Å². The Kier molecular flexibility index (Phi) is 3.24. The Morgan fingerprint density at radius 2 is 1.93 bits per heavy atom. The molecule has 1 aromatic rings. The van der Waals surface area contributed by atoms with Crippen LogP contribution in [0.3, 0.4) is 0 Å². The zero-order valence-electron chi connectivity index (χ0n) is 8.13. The molecule has 1 unspecified atom stereocenters. The first-order valence-electron chi connectivity index (χ1n) is 4.44. The van der Waals surface area contributed by atoms with Crippen molar-refractivity contribution in [2.75, 3.05) is 5.73 Å². The van der Waals surface area contributed by atoms with Gasteiger partial charge < -0.3 is 10.8 Å². The highest BCUT2D eigenvalue weighted by Gasteiger charge is 2.20. The van der Waals surface area contributed by atoms with E-state index in [9.17, 15) is 13.6 Å². The first kappa shape index (κ1) is 11.4. The molecule has 0 aliphatic heterocycles. The fraction of sp³-hybridized carbons (Fsp3) is 0.300. The van der Waals surface area contributed by atoms with E-state index in [0.717, 1.165) is 12.1 Å². The van der Waals surface area contributed by atoms with E-state index >= 15 is 0 Å². The molecule has 15 heavy (non-hydrogen) atoms. The van der Waals surface area contributed by atoms with Crippen molar-refractivity contribution in [1.82, 2.24) is 0 Å². The fourth-order valence-corrected chi connectivity index (χ4v) is 1.36. The summed E-state index contributed by atoms with van der Waals surface area (Å²) in [6.07, 6.45) is 0.262. The predicted molar refractivity (Wildman–Crippen MR) is 51.4 cm³/mol. The van der Waals surface area contributed by atoms with Gasteiger partial charge in [-0.25, -0.2) is 8.78 Å². The number of nitrogen functional groups attached to an aromatic ring is 1. The fourth-order valence-electron chi connectivity index (χ4n) is 1.36. The highest BCUT2D eigenvalue weighted by Crippen LogP contribution is 2.25. The summed E-state index contributed by atoms with van der Waals surface area (Å²) in [6.45, 7) is 1.63. The van der Waals surface area contributed by atoms with E-state index in [4.69, 9.17) is 10.8 Å². The van der Waals surface area contributed by atoms with Gasteiger partial charge in [0, 0.05) is 0 Å². The third kappa shape index (κ3) is 2.23. The second-order valence-electron chi connectivity index (χ2n) is 3.20. The van der Waals surface area contributed by atoms with Gasteiger partial charge in [0.1, 0.15) is 17.3 Å². The highest BCUT2D eigenvalue weighted by atomic mass is 19.1. The lowest BCUT2D eigenvalue weighted by atomic mass is 9.96. The second kappa shape index (κ2) is 4.25. The zero-order valence-corrected chi connectivity index (χ0v) is 8.13. The Labute approximate surface area is 85.5 Å². The van der Waals surface area contributed by atoms with Crippen molar-refractivity contribution in [3.05, 3.63) is 29.3 Å². The summed E-state index contributed by atoms with van der Waals surface area (Å²) in [5.74, 6) is -3.87. The Balaban J connectivity index is 3.20. The van der Waals surface area contributed by atoms with Crippen LogP contribution in [0.1, 0.15) is 24.8 Å². The minimum atomic E-state index is -1.11. The Morgan fingerprint density at radius 3 is 2.27 bits per heavy atom. The molecule has 0 bridgehead atoms. The van der Waals surface area contributed by atoms with Crippen molar-refractivity contribution in [2.24, 2.45) is 0 Å². The number of halogens is 2. The van der Waals surface area contributed by atoms with E-state index in [1.165, 1.54) is 0 Å². The van der Waals surface area contributed by atoms with Crippen molar-refractivity contribution in [3.8, 4) is 0 Å². The first-order chi connectivity index (χ1) is 6.97. The predicted octanol–water partition coefficient (Wildman–Crippen LogP) is 2.13. The number of carbonyl (C=O) groups is 1. The standard InChI is InChI=1S/C10H11F2NO2/c1-2-6(10(14)15)5-3-7(11)9(13)8(12)4-5/h3-4,6H,2,13H2,1H3,(H,14,15). The summed E-state index contributed by atoms with van der Waals surface area (Å²) in [5.41, 5.74) is 4.58. The maximum atomic E-state index is 13.0. The third-order valence-electron chi connectivity index (χ3n) is 2.21. The molecule has 1 atom stereocenters. The normalized spacial score (nSPS) is 12.5. The van der Waals surface area contributed by atoms with Crippen LogP contribution in [0.15, 0.2) is 12.1 Å². The van der Waals surface area contributed by atoms with Crippen LogP contribution < -0.4 is 5.73 Å². The van der Waals surface area contributed by atoms with E-state index in [1.54, 1.807) is 6.92 Å². The van der Waals surface area contributed by atoms with Gasteiger partial charge in [-0.15, -0.1) is 0 Å². The van der Waals surface area contributed by atoms with Gasteiger partial charge in [-0.3, -0.25) is 4.79 Å². The van der Waals surface area contributed by atoms with Crippen molar-refractivity contribution >= 4 is 11.7 Å². The molecule has 3 nitrogen and oxygen atoms in total. The van der Waals surface area contributed by atoms with Crippen molar-refractivity contribution in [1.29, 1.82) is 0 Å². The molecule has 82 valence electrons. The summed E-state index contributed by atoms with van der Waals surface area (Å²) in [5, 5.41) is 8.80. The summed E-state index contributed by atoms with van der Waals surface area (Å²) in [4.78, 5) is 10.8. The van der Waals surface area contributed by atoms with E-state index in [1.807, 2.05) is 0 Å². The molecule has 1 rings (SSSR count). The van der Waals surface area contributed by atoms with Gasteiger partial charge in [-0.05, 0) is 24.1 Å². The summed E-state index contributed by atoms with van der Waals surface area (Å²) in [6, 6.07) is 1.92. The number of carboxylic acids is 1. The number of hydrogen-bond donors (Lipinski definition) is 2. The lowest BCUT2D eigenvalue weighted by Gasteiger charge is -2.11. The summed E-state index contributed by atoms with van der Waals surface area (Å²) in [7, 11) is 0. The minimum absolute atomic E-state index is 0.0919. The summed E-state index contributed by atoms with van der Waals surface area (Å²) < 4.78 is 26.1. The highest BCUT2D eigenvalue weighted by molar-refractivity contribution is 5.76. The number of nitrogens with two attached hydrogens (primary N) is 1. The van der Waals surface area contributed by atoms with Gasteiger partial charge in [0.25, 0.3) is 0 Å². The van der Waals surface area contributed by atoms with Crippen LogP contribution in [-0.4, -0.2) is 11.1 Å². The molecule has 3 N–H and O–H groups in total. The number of aliphatic carboxylic acids is 1. The van der Waals surface area contributed by atoms with Crippen LogP contribution in [0.5, 0.6) is 0 Å². The number of benzene rings is 1. The molecule has 0 spiro atoms. The van der Waals surface area contributed by atoms with Gasteiger partial charge in [0.2, 0.25) is 0 Å². The molecule has 0 fully saturated rings. The molecule has 0 radical (unpaired) electrons. The molecular formula is C10H11F2NO2. The lowest BCUT2D eigenvalue weighted by molar-refractivity contribution is -0.138. The Morgan fingerprint density at radius 1 is 1.47 bits per heavy atom.